The van der Waals surface area contributed by atoms with E-state index in [0.717, 1.165) is 32.1 Å². The fraction of sp³-hybridized carbons (Fsp3) is 0.867. The number of amides is 2. The zero-order valence-electron chi connectivity index (χ0n) is 13.7. The average Bonchev–Trinajstić information content (AvgIpc) is 2.49. The topological polar surface area (TPSA) is 67.9 Å². The second-order valence-corrected chi connectivity index (χ2v) is 5.01. The van der Waals surface area contributed by atoms with Crippen LogP contribution in [0.2, 0.25) is 0 Å². The second kappa shape index (κ2) is 13.8. The molecule has 0 aliphatic carbocycles. The molecular weight excluding hydrogens is 272 g/mol. The van der Waals surface area contributed by atoms with Crippen molar-refractivity contribution in [1.29, 1.82) is 0 Å². The van der Waals surface area contributed by atoms with Crippen molar-refractivity contribution in [3.63, 3.8) is 0 Å². The van der Waals surface area contributed by atoms with E-state index in [9.17, 15) is 9.59 Å². The van der Waals surface area contributed by atoms with Gasteiger partial charge < -0.3 is 19.7 Å². The highest BCUT2D eigenvalue weighted by atomic mass is 16.5. The summed E-state index contributed by atoms with van der Waals surface area (Å²) in [6.07, 6.45) is 4.98. The van der Waals surface area contributed by atoms with Crippen molar-refractivity contribution in [2.45, 2.75) is 39.0 Å². The van der Waals surface area contributed by atoms with Gasteiger partial charge in [0, 0.05) is 33.9 Å². The number of hydrogen-bond acceptors (Lipinski definition) is 4. The Morgan fingerprint density at radius 1 is 1.00 bits per heavy atom. The van der Waals surface area contributed by atoms with Crippen LogP contribution in [0, 0.1) is 0 Å². The lowest BCUT2D eigenvalue weighted by molar-refractivity contribution is -0.134. The molecule has 6 heteroatoms. The summed E-state index contributed by atoms with van der Waals surface area (Å²) in [6, 6.07) is 0. The first-order valence-electron chi connectivity index (χ1n) is 7.71. The SMILES string of the molecule is CCCCCOCC(=O)N(C)CCCCOCC(=O)NC. The van der Waals surface area contributed by atoms with Crippen molar-refractivity contribution in [2.24, 2.45) is 0 Å². The number of unbranched alkanes of at least 4 members (excludes halogenated alkanes) is 3. The Labute approximate surface area is 128 Å². The molecule has 124 valence electrons. The molecule has 0 aliphatic heterocycles. The smallest absolute Gasteiger partial charge is 0.248 e. The maximum absolute atomic E-state index is 11.7. The van der Waals surface area contributed by atoms with Crippen molar-refractivity contribution in [3.05, 3.63) is 0 Å². The molecule has 0 aromatic heterocycles. The van der Waals surface area contributed by atoms with Crippen LogP contribution >= 0.6 is 0 Å². The molecule has 0 aliphatic rings. The van der Waals surface area contributed by atoms with E-state index in [0.29, 0.717) is 19.8 Å². The van der Waals surface area contributed by atoms with E-state index < -0.39 is 0 Å². The highest BCUT2D eigenvalue weighted by Crippen LogP contribution is 1.97. The molecule has 0 radical (unpaired) electrons. The fourth-order valence-corrected chi connectivity index (χ4v) is 1.64. The third kappa shape index (κ3) is 12.3. The molecule has 6 nitrogen and oxygen atoms in total. The maximum Gasteiger partial charge on any atom is 0.248 e. The number of ether oxygens (including phenoxy) is 2. The van der Waals surface area contributed by atoms with E-state index in [2.05, 4.69) is 12.2 Å². The van der Waals surface area contributed by atoms with E-state index in [1.165, 1.54) is 0 Å². The van der Waals surface area contributed by atoms with Gasteiger partial charge in [0.2, 0.25) is 11.8 Å². The van der Waals surface area contributed by atoms with Crippen LogP contribution in [-0.2, 0) is 19.1 Å². The zero-order valence-corrected chi connectivity index (χ0v) is 13.7. The molecule has 0 unspecified atom stereocenters. The van der Waals surface area contributed by atoms with E-state index in [-0.39, 0.29) is 25.0 Å². The van der Waals surface area contributed by atoms with Crippen LogP contribution < -0.4 is 5.32 Å². The van der Waals surface area contributed by atoms with Gasteiger partial charge in [0.15, 0.2) is 0 Å². The van der Waals surface area contributed by atoms with Crippen LogP contribution in [0.25, 0.3) is 0 Å². The number of nitrogens with one attached hydrogen (secondary N) is 1. The Kier molecular flexibility index (Phi) is 13.1. The molecule has 0 aromatic rings. The highest BCUT2D eigenvalue weighted by molar-refractivity contribution is 5.77. The molecule has 1 N–H and O–H groups in total. The molecule has 0 bridgehead atoms. The Morgan fingerprint density at radius 3 is 2.24 bits per heavy atom. The molecule has 0 atom stereocenters. The van der Waals surface area contributed by atoms with Gasteiger partial charge in [-0.05, 0) is 19.3 Å². The lowest BCUT2D eigenvalue weighted by atomic mass is 10.3. The van der Waals surface area contributed by atoms with E-state index in [1.54, 1.807) is 19.0 Å². The largest absolute Gasteiger partial charge is 0.372 e. The fourth-order valence-electron chi connectivity index (χ4n) is 1.64. The van der Waals surface area contributed by atoms with Crippen LogP contribution in [0.3, 0.4) is 0 Å². The number of likely N-dealkylation sites (N-methyl/N-ethyl adjacent to an activating group) is 2. The van der Waals surface area contributed by atoms with Gasteiger partial charge in [-0.2, -0.15) is 0 Å². The third-order valence-corrected chi connectivity index (χ3v) is 3.09. The molecule has 0 aromatic carbocycles. The average molecular weight is 302 g/mol. The summed E-state index contributed by atoms with van der Waals surface area (Å²) in [4.78, 5) is 24.3. The molecule has 2 amide bonds. The van der Waals surface area contributed by atoms with Crippen molar-refractivity contribution in [1.82, 2.24) is 10.2 Å². The standard InChI is InChI=1S/C15H30N2O4/c1-4-5-7-10-21-13-15(19)17(3)9-6-8-11-20-12-14(18)16-2/h4-13H2,1-3H3,(H,16,18). The summed E-state index contributed by atoms with van der Waals surface area (Å²) in [6.45, 7) is 4.26. The van der Waals surface area contributed by atoms with Crippen LogP contribution in [-0.4, -0.2) is 63.8 Å². The summed E-state index contributed by atoms with van der Waals surface area (Å²) in [5.74, 6) is -0.111. The second-order valence-electron chi connectivity index (χ2n) is 5.01. The van der Waals surface area contributed by atoms with E-state index in [1.807, 2.05) is 0 Å². The number of carbonyl (C=O) groups excluding carboxylic acids is 2. The van der Waals surface area contributed by atoms with Crippen molar-refractivity contribution in [2.75, 3.05) is 47.1 Å². The first-order chi connectivity index (χ1) is 10.1. The minimum Gasteiger partial charge on any atom is -0.372 e. The molecule has 0 fully saturated rings. The van der Waals surface area contributed by atoms with Gasteiger partial charge in [0.1, 0.15) is 13.2 Å². The summed E-state index contributed by atoms with van der Waals surface area (Å²) in [5.41, 5.74) is 0. The molecule has 0 rings (SSSR count). The number of rotatable bonds is 13. The molecular formula is C15H30N2O4. The van der Waals surface area contributed by atoms with Gasteiger partial charge >= 0.3 is 0 Å². The predicted octanol–water partition coefficient (Wildman–Crippen LogP) is 1.19. The molecule has 0 saturated heterocycles. The zero-order chi connectivity index (χ0) is 15.9. The number of nitrogens with zero attached hydrogens (tertiary/aromatic N) is 1. The number of carbonyl (C=O) groups is 2. The quantitative estimate of drug-likeness (QED) is 0.519. The summed E-state index contributed by atoms with van der Waals surface area (Å²) >= 11 is 0. The summed E-state index contributed by atoms with van der Waals surface area (Å²) < 4.78 is 10.5. The lowest BCUT2D eigenvalue weighted by Gasteiger charge is -2.17. The summed E-state index contributed by atoms with van der Waals surface area (Å²) in [7, 11) is 3.36. The predicted molar refractivity (Wildman–Crippen MR) is 82.1 cm³/mol. The van der Waals surface area contributed by atoms with Crippen LogP contribution in [0.4, 0.5) is 0 Å². The number of hydrogen-bond donors (Lipinski definition) is 1. The molecule has 0 heterocycles. The first kappa shape index (κ1) is 19.9. The molecule has 0 spiro atoms. The van der Waals surface area contributed by atoms with E-state index >= 15 is 0 Å². The minimum absolute atomic E-state index is 0.0118. The van der Waals surface area contributed by atoms with Crippen molar-refractivity contribution < 1.29 is 19.1 Å². The first-order valence-corrected chi connectivity index (χ1v) is 7.71. The third-order valence-electron chi connectivity index (χ3n) is 3.09. The normalized spacial score (nSPS) is 10.4. The summed E-state index contributed by atoms with van der Waals surface area (Å²) in [5, 5.41) is 2.49. The lowest BCUT2D eigenvalue weighted by Crippen LogP contribution is -2.31. The minimum atomic E-state index is -0.123. The van der Waals surface area contributed by atoms with Gasteiger partial charge in [-0.15, -0.1) is 0 Å². The van der Waals surface area contributed by atoms with Gasteiger partial charge in [-0.1, -0.05) is 19.8 Å². The highest BCUT2D eigenvalue weighted by Gasteiger charge is 2.08. The molecule has 0 saturated carbocycles. The van der Waals surface area contributed by atoms with Crippen molar-refractivity contribution in [3.8, 4) is 0 Å². The monoisotopic (exact) mass is 302 g/mol. The van der Waals surface area contributed by atoms with Crippen LogP contribution in [0.1, 0.15) is 39.0 Å². The van der Waals surface area contributed by atoms with E-state index in [4.69, 9.17) is 9.47 Å². The Hall–Kier alpha value is -1.14. The molecule has 21 heavy (non-hydrogen) atoms. The van der Waals surface area contributed by atoms with Gasteiger partial charge in [0.05, 0.1) is 0 Å². The van der Waals surface area contributed by atoms with Crippen molar-refractivity contribution >= 4 is 11.8 Å². The van der Waals surface area contributed by atoms with Gasteiger partial charge in [0.25, 0.3) is 0 Å². The van der Waals surface area contributed by atoms with Crippen LogP contribution in [0.15, 0.2) is 0 Å². The maximum atomic E-state index is 11.7. The Balaban J connectivity index is 3.45. The van der Waals surface area contributed by atoms with Gasteiger partial charge in [-0.25, -0.2) is 0 Å². The Morgan fingerprint density at radius 2 is 1.62 bits per heavy atom. The Bertz CT molecular complexity index is 285. The van der Waals surface area contributed by atoms with Gasteiger partial charge in [-0.3, -0.25) is 9.59 Å². The van der Waals surface area contributed by atoms with Crippen LogP contribution in [0.5, 0.6) is 0 Å².